The Morgan fingerprint density at radius 1 is 1.23 bits per heavy atom. The molecule has 120 valence electrons. The minimum absolute atomic E-state index is 0.665. The standard InChI is InChI=1S/C22H32/c1-5-6-21-15-11-19(4)22(21)16-10-18(3)9-14-20-12-7-17(2)8-13-20/h5,7-8,10,12-13,16,18-19,21-22H,1,6,9,11,14-15H2,2-4H3/b16-10+/t18?,19?,21-,22-/m0/s1. The van der Waals surface area contributed by atoms with Gasteiger partial charge in [-0.05, 0) is 68.3 Å². The number of hydrogen-bond acceptors (Lipinski definition) is 0. The van der Waals surface area contributed by atoms with Gasteiger partial charge in [0.1, 0.15) is 0 Å². The van der Waals surface area contributed by atoms with Crippen LogP contribution in [0.3, 0.4) is 0 Å². The van der Waals surface area contributed by atoms with Crippen molar-refractivity contribution in [3.8, 4) is 0 Å². The molecule has 2 rings (SSSR count). The molecule has 2 unspecified atom stereocenters. The Kier molecular flexibility index (Phi) is 6.49. The summed E-state index contributed by atoms with van der Waals surface area (Å²) in [4.78, 5) is 0. The molecule has 0 saturated heterocycles. The molecule has 1 aliphatic carbocycles. The molecular weight excluding hydrogens is 264 g/mol. The van der Waals surface area contributed by atoms with Gasteiger partial charge in [-0.15, -0.1) is 6.58 Å². The highest BCUT2D eigenvalue weighted by Gasteiger charge is 2.30. The largest absolute Gasteiger partial charge is 0.103 e. The Morgan fingerprint density at radius 2 is 1.95 bits per heavy atom. The van der Waals surface area contributed by atoms with Gasteiger partial charge in [0.15, 0.2) is 0 Å². The van der Waals surface area contributed by atoms with Crippen LogP contribution in [0.2, 0.25) is 0 Å². The van der Waals surface area contributed by atoms with Gasteiger partial charge in [0.2, 0.25) is 0 Å². The van der Waals surface area contributed by atoms with Gasteiger partial charge in [-0.3, -0.25) is 0 Å². The maximum Gasteiger partial charge on any atom is -0.0176 e. The Morgan fingerprint density at radius 3 is 2.64 bits per heavy atom. The van der Waals surface area contributed by atoms with E-state index >= 15 is 0 Å². The van der Waals surface area contributed by atoms with Crippen molar-refractivity contribution in [3.05, 3.63) is 60.2 Å². The smallest absolute Gasteiger partial charge is 0.0176 e. The third kappa shape index (κ3) is 4.87. The van der Waals surface area contributed by atoms with Crippen LogP contribution in [-0.4, -0.2) is 0 Å². The monoisotopic (exact) mass is 296 g/mol. The summed E-state index contributed by atoms with van der Waals surface area (Å²) in [7, 11) is 0. The van der Waals surface area contributed by atoms with E-state index in [0.29, 0.717) is 5.92 Å². The van der Waals surface area contributed by atoms with Crippen molar-refractivity contribution < 1.29 is 0 Å². The number of aryl methyl sites for hydroxylation is 2. The molecule has 0 spiro atoms. The molecular formula is C22H32. The summed E-state index contributed by atoms with van der Waals surface area (Å²) in [6, 6.07) is 8.97. The van der Waals surface area contributed by atoms with Gasteiger partial charge >= 0.3 is 0 Å². The topological polar surface area (TPSA) is 0 Å². The zero-order chi connectivity index (χ0) is 15.9. The van der Waals surface area contributed by atoms with Crippen molar-refractivity contribution in [2.24, 2.45) is 23.7 Å². The Labute approximate surface area is 137 Å². The highest BCUT2D eigenvalue weighted by Crippen LogP contribution is 2.40. The van der Waals surface area contributed by atoms with Crippen LogP contribution in [-0.2, 0) is 6.42 Å². The highest BCUT2D eigenvalue weighted by molar-refractivity contribution is 5.21. The molecule has 0 radical (unpaired) electrons. The van der Waals surface area contributed by atoms with Crippen LogP contribution in [0.4, 0.5) is 0 Å². The lowest BCUT2D eigenvalue weighted by Crippen LogP contribution is -2.10. The zero-order valence-electron chi connectivity index (χ0n) is 14.6. The average Bonchev–Trinajstić information content (AvgIpc) is 2.85. The summed E-state index contributed by atoms with van der Waals surface area (Å²) >= 11 is 0. The van der Waals surface area contributed by atoms with E-state index in [1.807, 2.05) is 0 Å². The first-order valence-electron chi connectivity index (χ1n) is 8.95. The molecule has 0 amide bonds. The Balaban J connectivity index is 1.83. The third-order valence-electron chi connectivity index (χ3n) is 5.33. The van der Waals surface area contributed by atoms with Gasteiger partial charge in [0, 0.05) is 0 Å². The number of benzene rings is 1. The predicted molar refractivity (Wildman–Crippen MR) is 98.0 cm³/mol. The van der Waals surface area contributed by atoms with Gasteiger partial charge in [0.05, 0.1) is 0 Å². The average molecular weight is 296 g/mol. The quantitative estimate of drug-likeness (QED) is 0.514. The second-order valence-corrected chi connectivity index (χ2v) is 7.30. The van der Waals surface area contributed by atoms with Crippen molar-refractivity contribution in [1.29, 1.82) is 0 Å². The predicted octanol–water partition coefficient (Wildman–Crippen LogP) is 6.36. The Hall–Kier alpha value is -1.30. The van der Waals surface area contributed by atoms with E-state index in [1.54, 1.807) is 0 Å². The summed E-state index contributed by atoms with van der Waals surface area (Å²) in [6.45, 7) is 10.8. The van der Waals surface area contributed by atoms with Gasteiger partial charge in [-0.25, -0.2) is 0 Å². The fourth-order valence-electron chi connectivity index (χ4n) is 3.73. The molecule has 0 bridgehead atoms. The lowest BCUT2D eigenvalue weighted by atomic mass is 9.86. The molecule has 0 heteroatoms. The molecule has 0 nitrogen and oxygen atoms in total. The normalized spacial score (nSPS) is 26.4. The molecule has 1 aromatic rings. The number of rotatable bonds is 7. The van der Waals surface area contributed by atoms with Crippen LogP contribution in [0.5, 0.6) is 0 Å². The Bertz CT molecular complexity index is 479. The van der Waals surface area contributed by atoms with Gasteiger partial charge in [0.25, 0.3) is 0 Å². The first-order valence-corrected chi connectivity index (χ1v) is 8.95. The molecule has 0 N–H and O–H groups in total. The van der Waals surface area contributed by atoms with Gasteiger partial charge < -0.3 is 0 Å². The molecule has 0 heterocycles. The molecule has 1 saturated carbocycles. The molecule has 0 aliphatic heterocycles. The zero-order valence-corrected chi connectivity index (χ0v) is 14.6. The van der Waals surface area contributed by atoms with E-state index < -0.39 is 0 Å². The summed E-state index contributed by atoms with van der Waals surface area (Å²) in [5.41, 5.74) is 2.81. The second kappa shape index (κ2) is 8.36. The van der Waals surface area contributed by atoms with Crippen LogP contribution in [0.15, 0.2) is 49.1 Å². The van der Waals surface area contributed by atoms with E-state index in [2.05, 4.69) is 69.8 Å². The lowest BCUT2D eigenvalue weighted by Gasteiger charge is -2.19. The van der Waals surface area contributed by atoms with E-state index in [9.17, 15) is 0 Å². The summed E-state index contributed by atoms with van der Waals surface area (Å²) in [5.74, 6) is 3.09. The summed E-state index contributed by atoms with van der Waals surface area (Å²) in [6.07, 6.45) is 13.4. The minimum atomic E-state index is 0.665. The molecule has 4 atom stereocenters. The van der Waals surface area contributed by atoms with Crippen LogP contribution in [0, 0.1) is 30.6 Å². The van der Waals surface area contributed by atoms with Crippen LogP contribution < -0.4 is 0 Å². The highest BCUT2D eigenvalue weighted by atomic mass is 14.3. The minimum Gasteiger partial charge on any atom is -0.103 e. The maximum absolute atomic E-state index is 3.92. The fraction of sp³-hybridized carbons (Fsp3) is 0.545. The molecule has 1 aliphatic rings. The van der Waals surface area contributed by atoms with E-state index in [-0.39, 0.29) is 0 Å². The van der Waals surface area contributed by atoms with Crippen LogP contribution in [0.25, 0.3) is 0 Å². The van der Waals surface area contributed by atoms with Crippen molar-refractivity contribution >= 4 is 0 Å². The fourth-order valence-corrected chi connectivity index (χ4v) is 3.73. The third-order valence-corrected chi connectivity index (χ3v) is 5.33. The molecule has 0 aromatic heterocycles. The van der Waals surface area contributed by atoms with Crippen molar-refractivity contribution in [3.63, 3.8) is 0 Å². The van der Waals surface area contributed by atoms with Crippen molar-refractivity contribution in [1.82, 2.24) is 0 Å². The van der Waals surface area contributed by atoms with E-state index in [4.69, 9.17) is 0 Å². The van der Waals surface area contributed by atoms with Crippen LogP contribution >= 0.6 is 0 Å². The summed E-state index contributed by atoms with van der Waals surface area (Å²) in [5, 5.41) is 0. The molecule has 1 fully saturated rings. The van der Waals surface area contributed by atoms with Crippen molar-refractivity contribution in [2.75, 3.05) is 0 Å². The number of allylic oxidation sites excluding steroid dienone is 3. The van der Waals surface area contributed by atoms with E-state index in [1.165, 1.54) is 43.2 Å². The second-order valence-electron chi connectivity index (χ2n) is 7.30. The lowest BCUT2D eigenvalue weighted by molar-refractivity contribution is 0.400. The molecule has 22 heavy (non-hydrogen) atoms. The molecule has 1 aromatic carbocycles. The summed E-state index contributed by atoms with van der Waals surface area (Å²) < 4.78 is 0. The SMILES string of the molecule is C=CC[C@H]1CCC(C)[C@@H]1/C=C/C(C)CCc1ccc(C)cc1. The van der Waals surface area contributed by atoms with Crippen molar-refractivity contribution in [2.45, 2.75) is 52.9 Å². The first-order chi connectivity index (χ1) is 10.6. The van der Waals surface area contributed by atoms with Crippen LogP contribution in [0.1, 0.15) is 50.7 Å². The van der Waals surface area contributed by atoms with Gasteiger partial charge in [-0.1, -0.05) is 61.9 Å². The number of hydrogen-bond donors (Lipinski definition) is 0. The van der Waals surface area contributed by atoms with E-state index in [0.717, 1.165) is 17.8 Å². The van der Waals surface area contributed by atoms with Gasteiger partial charge in [-0.2, -0.15) is 0 Å². The maximum atomic E-state index is 3.92. The first kappa shape index (κ1) is 17.1.